The molecule has 0 fully saturated rings. The molecule has 18 heavy (non-hydrogen) atoms. The van der Waals surface area contributed by atoms with E-state index in [1.807, 2.05) is 11.8 Å². The Hall–Kier alpha value is 1.03. The molecule has 0 saturated carbocycles. The van der Waals surface area contributed by atoms with Gasteiger partial charge in [0.15, 0.2) is 0 Å². The van der Waals surface area contributed by atoms with Crippen molar-refractivity contribution in [1.29, 1.82) is 0 Å². The van der Waals surface area contributed by atoms with E-state index in [1.165, 1.54) is 10.9 Å². The first-order chi connectivity index (χ1) is 8.74. The standard InChI is InChI=1S/C4H10N.2C3H7O.C3H7S.Sn/c1-2-3-4-5;2*1-2-3-4;1-3-4-2;/h1-5H2;3*2-3H2,1H3;/q;2*-1;;+2. The number of rotatable bonds is 13. The summed E-state index contributed by atoms with van der Waals surface area (Å²) in [5.41, 5.74) is 5.59. The number of nitrogens with two attached hydrogens (primary N) is 1. The van der Waals surface area contributed by atoms with Crippen molar-refractivity contribution in [2.45, 2.75) is 50.9 Å². The summed E-state index contributed by atoms with van der Waals surface area (Å²) in [5, 5.41) is 0. The van der Waals surface area contributed by atoms with Gasteiger partial charge in [0.2, 0.25) is 0 Å². The third-order valence-electron chi connectivity index (χ3n) is 2.68. The fourth-order valence-electron chi connectivity index (χ4n) is 1.71. The Labute approximate surface area is 123 Å². The summed E-state index contributed by atoms with van der Waals surface area (Å²) in [4.78, 5) is 0. The molecule has 0 aromatic rings. The first kappa shape index (κ1) is 19.0. The molecule has 0 heterocycles. The minimum atomic E-state index is -2.81. The van der Waals surface area contributed by atoms with Gasteiger partial charge in [-0.1, -0.05) is 0 Å². The molecule has 0 aliphatic carbocycles. The maximum absolute atomic E-state index is 6.26. The van der Waals surface area contributed by atoms with Crippen molar-refractivity contribution < 1.29 is 6.15 Å². The fourth-order valence-corrected chi connectivity index (χ4v) is 16.2. The Morgan fingerprint density at radius 2 is 1.61 bits per heavy atom. The first-order valence-electron chi connectivity index (χ1n) is 7.30. The zero-order chi connectivity index (χ0) is 13.7. The van der Waals surface area contributed by atoms with Crippen LogP contribution in [-0.2, 0) is 6.15 Å². The van der Waals surface area contributed by atoms with Gasteiger partial charge in [0, 0.05) is 0 Å². The molecule has 0 atom stereocenters. The topological polar surface area (TPSA) is 44.5 Å². The monoisotopic (exact) mass is 385 g/mol. The van der Waals surface area contributed by atoms with E-state index in [9.17, 15) is 0 Å². The van der Waals surface area contributed by atoms with E-state index in [-0.39, 0.29) is 0 Å². The van der Waals surface area contributed by atoms with E-state index in [0.717, 1.165) is 48.5 Å². The van der Waals surface area contributed by atoms with E-state index in [1.54, 1.807) is 0 Å². The molecule has 0 aliphatic heterocycles. The zero-order valence-corrected chi connectivity index (χ0v) is 16.0. The van der Waals surface area contributed by atoms with Gasteiger partial charge in [0.25, 0.3) is 0 Å². The molecule has 0 saturated heterocycles. The van der Waals surface area contributed by atoms with Gasteiger partial charge < -0.3 is 0 Å². The van der Waals surface area contributed by atoms with Gasteiger partial charge in [-0.2, -0.15) is 0 Å². The van der Waals surface area contributed by atoms with Crippen LogP contribution < -0.4 is 5.73 Å². The Bertz CT molecular complexity index is 163. The van der Waals surface area contributed by atoms with Crippen molar-refractivity contribution >= 4 is 31.0 Å². The molecule has 0 unspecified atom stereocenters. The third kappa shape index (κ3) is 9.02. The predicted octanol–water partition coefficient (Wildman–Crippen LogP) is 3.31. The van der Waals surface area contributed by atoms with Gasteiger partial charge in [-0.05, 0) is 0 Å². The Balaban J connectivity index is 4.41. The van der Waals surface area contributed by atoms with Crippen molar-refractivity contribution in [1.82, 2.24) is 0 Å². The Morgan fingerprint density at radius 3 is 2.06 bits per heavy atom. The van der Waals surface area contributed by atoms with Crippen LogP contribution in [-0.4, -0.2) is 48.5 Å². The predicted molar refractivity (Wildman–Crippen MR) is 84.3 cm³/mol. The molecule has 0 bridgehead atoms. The molecule has 2 N–H and O–H groups in total. The van der Waals surface area contributed by atoms with Crippen LogP contribution in [0.1, 0.15) is 46.5 Å². The third-order valence-corrected chi connectivity index (χ3v) is 16.6. The van der Waals surface area contributed by atoms with E-state index >= 15 is 0 Å². The SMILES string of the molecule is CCC[O][Sn]([CH2]CCCN)([CH2]SCC)[O]CCC. The van der Waals surface area contributed by atoms with E-state index in [0.29, 0.717) is 0 Å². The normalized spacial score (nSPS) is 12.0. The average Bonchev–Trinajstić information content (AvgIpc) is 2.40. The Kier molecular flexibility index (Phi) is 13.8. The van der Waals surface area contributed by atoms with Gasteiger partial charge in [0.1, 0.15) is 0 Å². The van der Waals surface area contributed by atoms with Gasteiger partial charge >= 0.3 is 123 Å². The van der Waals surface area contributed by atoms with Crippen LogP contribution in [0.3, 0.4) is 0 Å². The van der Waals surface area contributed by atoms with Crippen LogP contribution in [0.15, 0.2) is 0 Å². The van der Waals surface area contributed by atoms with Gasteiger partial charge in [-0.3, -0.25) is 0 Å². The van der Waals surface area contributed by atoms with Crippen LogP contribution in [0.2, 0.25) is 4.44 Å². The summed E-state index contributed by atoms with van der Waals surface area (Å²) >= 11 is -0.822. The summed E-state index contributed by atoms with van der Waals surface area (Å²) in [6.07, 6.45) is 4.44. The van der Waals surface area contributed by atoms with E-state index in [4.69, 9.17) is 11.9 Å². The molecule has 0 aromatic carbocycles. The van der Waals surface area contributed by atoms with E-state index < -0.39 is 19.2 Å². The first-order valence-corrected chi connectivity index (χ1v) is 14.8. The molecule has 0 amide bonds. The van der Waals surface area contributed by atoms with Crippen molar-refractivity contribution in [3.05, 3.63) is 0 Å². The molecule has 0 rings (SSSR count). The molecular weight excluding hydrogens is 353 g/mol. The van der Waals surface area contributed by atoms with Crippen molar-refractivity contribution in [3.63, 3.8) is 0 Å². The maximum atomic E-state index is 6.26. The van der Waals surface area contributed by atoms with Crippen molar-refractivity contribution in [2.75, 3.05) is 29.3 Å². The van der Waals surface area contributed by atoms with Crippen LogP contribution in [0.5, 0.6) is 0 Å². The number of thioether (sulfide) groups is 1. The molecule has 0 radical (unpaired) electrons. The second-order valence-electron chi connectivity index (χ2n) is 4.49. The molecule has 0 aliphatic rings. The van der Waals surface area contributed by atoms with Gasteiger partial charge in [0.05, 0.1) is 0 Å². The van der Waals surface area contributed by atoms with Crippen LogP contribution in [0.25, 0.3) is 0 Å². The molecular formula is C13H31NO2SSn. The summed E-state index contributed by atoms with van der Waals surface area (Å²) < 4.78 is 14.8. The van der Waals surface area contributed by atoms with Crippen molar-refractivity contribution in [2.24, 2.45) is 5.73 Å². The van der Waals surface area contributed by atoms with Crippen molar-refractivity contribution in [3.8, 4) is 0 Å². The second-order valence-corrected chi connectivity index (χ2v) is 16.5. The molecule has 3 nitrogen and oxygen atoms in total. The van der Waals surface area contributed by atoms with Gasteiger partial charge in [-0.15, -0.1) is 0 Å². The fraction of sp³-hybridized carbons (Fsp3) is 1.00. The van der Waals surface area contributed by atoms with Gasteiger partial charge in [-0.25, -0.2) is 0 Å². The Morgan fingerprint density at radius 1 is 1.00 bits per heavy atom. The summed E-state index contributed by atoms with van der Waals surface area (Å²) in [7, 11) is 0. The van der Waals surface area contributed by atoms with E-state index in [2.05, 4.69) is 20.8 Å². The number of hydrogen-bond acceptors (Lipinski definition) is 4. The van der Waals surface area contributed by atoms with Crippen LogP contribution in [0.4, 0.5) is 0 Å². The minimum absolute atomic E-state index is 0.782. The van der Waals surface area contributed by atoms with Crippen LogP contribution >= 0.6 is 11.8 Å². The molecule has 5 heteroatoms. The molecule has 110 valence electrons. The number of hydrogen-bond donors (Lipinski definition) is 1. The summed E-state index contributed by atoms with van der Waals surface area (Å²) in [5.74, 6) is 1.15. The molecule has 0 aromatic heterocycles. The summed E-state index contributed by atoms with van der Waals surface area (Å²) in [6, 6.07) is 0. The van der Waals surface area contributed by atoms with Crippen LogP contribution in [0, 0.1) is 0 Å². The summed E-state index contributed by atoms with van der Waals surface area (Å²) in [6.45, 7) is 9.07. The average molecular weight is 384 g/mol. The quantitative estimate of drug-likeness (QED) is 0.391. The number of unbranched alkanes of at least 4 members (excludes halogenated alkanes) is 1. The zero-order valence-electron chi connectivity index (χ0n) is 12.4. The second kappa shape index (κ2) is 13.0. The molecule has 0 spiro atoms.